The smallest absolute Gasteiger partial charge is 0.340 e. The van der Waals surface area contributed by atoms with Crippen LogP contribution in [0.4, 0.5) is 0 Å². The molecular weight excluding hydrogens is 352 g/mol. The highest BCUT2D eigenvalue weighted by Crippen LogP contribution is 2.32. The van der Waals surface area contributed by atoms with E-state index in [4.69, 9.17) is 4.74 Å². The number of piperidine rings is 1. The Morgan fingerprint density at radius 3 is 2.57 bits per heavy atom. The lowest BCUT2D eigenvalue weighted by Gasteiger charge is -2.24. The third-order valence-corrected chi connectivity index (χ3v) is 5.52. The first-order chi connectivity index (χ1) is 13.7. The molecule has 0 unspecified atom stereocenters. The molecule has 1 aliphatic rings. The normalized spacial score (nSPS) is 15.0. The van der Waals surface area contributed by atoms with E-state index in [-0.39, 0.29) is 11.7 Å². The summed E-state index contributed by atoms with van der Waals surface area (Å²) in [6, 6.07) is 15.3. The van der Waals surface area contributed by atoms with Crippen molar-refractivity contribution in [3.8, 4) is 11.4 Å². The molecular formula is C23H27N2O3+. The molecule has 2 N–H and O–H groups in total. The molecule has 0 atom stereocenters. The number of para-hydroxylation sites is 1. The minimum Gasteiger partial charge on any atom is -0.508 e. The van der Waals surface area contributed by atoms with Gasteiger partial charge >= 0.3 is 5.97 Å². The van der Waals surface area contributed by atoms with Gasteiger partial charge in [0.2, 0.25) is 0 Å². The highest BCUT2D eigenvalue weighted by Gasteiger charge is 2.28. The summed E-state index contributed by atoms with van der Waals surface area (Å²) in [5.74, 6) is -0.167. The van der Waals surface area contributed by atoms with Crippen LogP contribution in [0.5, 0.6) is 5.75 Å². The summed E-state index contributed by atoms with van der Waals surface area (Å²) in [6.07, 6.45) is 3.72. The number of hydrogen-bond donors (Lipinski definition) is 2. The van der Waals surface area contributed by atoms with E-state index in [0.717, 1.165) is 41.9 Å². The number of phenolic OH excluding ortho intramolecular Hbond substituents is 1. The van der Waals surface area contributed by atoms with E-state index >= 15 is 0 Å². The number of benzene rings is 2. The first-order valence-corrected chi connectivity index (χ1v) is 10.1. The molecule has 4 rings (SSSR count). The molecule has 2 heterocycles. The molecule has 1 aromatic heterocycles. The summed E-state index contributed by atoms with van der Waals surface area (Å²) in [6.45, 7) is 5.14. The van der Waals surface area contributed by atoms with E-state index in [2.05, 4.69) is 16.7 Å². The number of ether oxygens (including phenoxy) is 1. The Balaban J connectivity index is 1.95. The molecule has 0 spiro atoms. The molecule has 1 fully saturated rings. The molecule has 0 saturated carbocycles. The first kappa shape index (κ1) is 18.6. The van der Waals surface area contributed by atoms with Crippen LogP contribution in [0, 0.1) is 0 Å². The molecule has 5 heteroatoms. The van der Waals surface area contributed by atoms with Crippen molar-refractivity contribution in [1.82, 2.24) is 4.57 Å². The molecule has 28 heavy (non-hydrogen) atoms. The average molecular weight is 379 g/mol. The highest BCUT2D eigenvalue weighted by molar-refractivity contribution is 6.07. The number of esters is 1. The topological polar surface area (TPSA) is 55.9 Å². The molecule has 146 valence electrons. The van der Waals surface area contributed by atoms with Gasteiger partial charge in [-0.05, 0) is 56.5 Å². The Kier molecular flexibility index (Phi) is 5.35. The summed E-state index contributed by atoms with van der Waals surface area (Å²) in [4.78, 5) is 14.4. The fourth-order valence-corrected chi connectivity index (χ4v) is 4.27. The average Bonchev–Trinajstić information content (AvgIpc) is 3.02. The van der Waals surface area contributed by atoms with E-state index in [9.17, 15) is 9.90 Å². The van der Waals surface area contributed by atoms with E-state index in [0.29, 0.717) is 12.2 Å². The Labute approximate surface area is 165 Å². The zero-order valence-corrected chi connectivity index (χ0v) is 16.3. The fourth-order valence-electron chi connectivity index (χ4n) is 4.27. The van der Waals surface area contributed by atoms with Crippen LogP contribution < -0.4 is 4.90 Å². The predicted molar refractivity (Wildman–Crippen MR) is 109 cm³/mol. The Morgan fingerprint density at radius 1 is 1.11 bits per heavy atom. The third-order valence-electron chi connectivity index (χ3n) is 5.52. The Bertz CT molecular complexity index is 972. The summed E-state index contributed by atoms with van der Waals surface area (Å²) in [7, 11) is 0. The van der Waals surface area contributed by atoms with Crippen LogP contribution in [0.15, 0.2) is 48.5 Å². The summed E-state index contributed by atoms with van der Waals surface area (Å²) < 4.78 is 7.57. The van der Waals surface area contributed by atoms with Crippen molar-refractivity contribution in [2.45, 2.75) is 32.7 Å². The zero-order chi connectivity index (χ0) is 19.5. The minimum absolute atomic E-state index is 0.153. The number of nitrogens with one attached hydrogen (secondary N) is 1. The van der Waals surface area contributed by atoms with Gasteiger partial charge in [0.1, 0.15) is 12.3 Å². The number of fused-ring (bicyclic) bond motifs is 1. The number of carbonyl (C=O) groups excluding carboxylic acids is 1. The monoisotopic (exact) mass is 379 g/mol. The van der Waals surface area contributed by atoms with Crippen LogP contribution in [0.25, 0.3) is 16.6 Å². The number of aromatic hydroxyl groups is 1. The Morgan fingerprint density at radius 2 is 1.86 bits per heavy atom. The maximum atomic E-state index is 13.0. The van der Waals surface area contributed by atoms with Crippen molar-refractivity contribution >= 4 is 16.9 Å². The van der Waals surface area contributed by atoms with Gasteiger partial charge in [-0.3, -0.25) is 0 Å². The molecule has 3 aromatic rings. The van der Waals surface area contributed by atoms with E-state index < -0.39 is 0 Å². The predicted octanol–water partition coefficient (Wildman–Crippen LogP) is 3.08. The SMILES string of the molecule is CCOC(=O)c1c(C[NH+]2CCCCC2)n(-c2ccccc2)c2ccc(O)cc12. The van der Waals surface area contributed by atoms with Gasteiger partial charge in [-0.2, -0.15) is 0 Å². The molecule has 0 aliphatic carbocycles. The van der Waals surface area contributed by atoms with Gasteiger partial charge in [-0.25, -0.2) is 4.79 Å². The second-order valence-electron chi connectivity index (χ2n) is 7.40. The zero-order valence-electron chi connectivity index (χ0n) is 16.3. The van der Waals surface area contributed by atoms with Crippen molar-refractivity contribution in [1.29, 1.82) is 0 Å². The molecule has 5 nitrogen and oxygen atoms in total. The highest BCUT2D eigenvalue weighted by atomic mass is 16.5. The molecule has 1 saturated heterocycles. The number of hydrogen-bond acceptors (Lipinski definition) is 3. The summed E-state index contributed by atoms with van der Waals surface area (Å²) in [5.41, 5.74) is 3.47. The second-order valence-corrected chi connectivity index (χ2v) is 7.40. The summed E-state index contributed by atoms with van der Waals surface area (Å²) >= 11 is 0. The lowest BCUT2D eigenvalue weighted by atomic mass is 10.1. The first-order valence-electron chi connectivity index (χ1n) is 10.1. The number of aromatic nitrogens is 1. The molecule has 0 amide bonds. The Hall–Kier alpha value is -2.79. The lowest BCUT2D eigenvalue weighted by molar-refractivity contribution is -0.918. The van der Waals surface area contributed by atoms with Crippen molar-refractivity contribution < 1.29 is 19.5 Å². The number of quaternary nitrogens is 1. The van der Waals surface area contributed by atoms with Crippen molar-refractivity contribution in [2.24, 2.45) is 0 Å². The number of nitrogens with zero attached hydrogens (tertiary/aromatic N) is 1. The van der Waals surface area contributed by atoms with Crippen molar-refractivity contribution in [3.63, 3.8) is 0 Å². The van der Waals surface area contributed by atoms with Crippen LogP contribution in [0.2, 0.25) is 0 Å². The molecule has 2 aromatic carbocycles. The lowest BCUT2D eigenvalue weighted by Crippen LogP contribution is -3.11. The van der Waals surface area contributed by atoms with Crippen LogP contribution >= 0.6 is 0 Å². The van der Waals surface area contributed by atoms with Crippen LogP contribution in [0.3, 0.4) is 0 Å². The van der Waals surface area contributed by atoms with Crippen LogP contribution in [-0.4, -0.2) is 35.3 Å². The van der Waals surface area contributed by atoms with Gasteiger partial charge < -0.3 is 19.3 Å². The van der Waals surface area contributed by atoms with Gasteiger partial charge in [0, 0.05) is 11.1 Å². The van der Waals surface area contributed by atoms with Gasteiger partial charge in [0.05, 0.1) is 36.5 Å². The quantitative estimate of drug-likeness (QED) is 0.670. The largest absolute Gasteiger partial charge is 0.508 e. The molecule has 1 aliphatic heterocycles. The van der Waals surface area contributed by atoms with Gasteiger partial charge in [-0.15, -0.1) is 0 Å². The maximum absolute atomic E-state index is 13.0. The molecule has 0 radical (unpaired) electrons. The number of phenols is 1. The fraction of sp³-hybridized carbons (Fsp3) is 0.348. The standard InChI is InChI=1S/C23H26N2O3/c1-2-28-23(27)22-19-15-18(26)11-12-20(19)25(17-9-5-3-6-10-17)21(22)16-24-13-7-4-8-14-24/h3,5-6,9-12,15,26H,2,4,7-8,13-14,16H2,1H3/p+1. The second kappa shape index (κ2) is 8.07. The van der Waals surface area contributed by atoms with Gasteiger partial charge in [0.15, 0.2) is 0 Å². The third kappa shape index (κ3) is 3.50. The van der Waals surface area contributed by atoms with Gasteiger partial charge in [0.25, 0.3) is 0 Å². The number of carbonyl (C=O) groups is 1. The number of rotatable bonds is 5. The molecule has 0 bridgehead atoms. The minimum atomic E-state index is -0.320. The van der Waals surface area contributed by atoms with Crippen LogP contribution in [0.1, 0.15) is 42.2 Å². The van der Waals surface area contributed by atoms with E-state index in [1.54, 1.807) is 12.1 Å². The van der Waals surface area contributed by atoms with Crippen molar-refractivity contribution in [3.05, 3.63) is 59.8 Å². The maximum Gasteiger partial charge on any atom is 0.340 e. The van der Waals surface area contributed by atoms with Crippen molar-refractivity contribution in [2.75, 3.05) is 19.7 Å². The summed E-state index contributed by atoms with van der Waals surface area (Å²) in [5, 5.41) is 10.8. The number of likely N-dealkylation sites (tertiary alicyclic amines) is 1. The van der Waals surface area contributed by atoms with Gasteiger partial charge in [-0.1, -0.05) is 18.2 Å². The van der Waals surface area contributed by atoms with E-state index in [1.807, 2.05) is 31.2 Å². The van der Waals surface area contributed by atoms with E-state index in [1.165, 1.54) is 24.2 Å². The van der Waals surface area contributed by atoms with Crippen LogP contribution in [-0.2, 0) is 11.3 Å².